The van der Waals surface area contributed by atoms with Gasteiger partial charge in [-0.25, -0.2) is 9.97 Å². The Morgan fingerprint density at radius 2 is 1.59 bits per heavy atom. The second kappa shape index (κ2) is 13.8. The SMILES string of the molecule is CCCN(CCC)C(=O)c1ccc(CSc2nc(Cl)cc(N3CCN(Cc4ccccc4)CC3)n2)cc1. The largest absolute Gasteiger partial charge is 0.354 e. The van der Waals surface area contributed by atoms with Crippen molar-refractivity contribution in [3.8, 4) is 0 Å². The Bertz CT molecular complexity index is 1130. The van der Waals surface area contributed by atoms with Crippen molar-refractivity contribution >= 4 is 35.1 Å². The van der Waals surface area contributed by atoms with Crippen molar-refractivity contribution in [2.75, 3.05) is 44.2 Å². The smallest absolute Gasteiger partial charge is 0.253 e. The summed E-state index contributed by atoms with van der Waals surface area (Å²) in [6.07, 6.45) is 1.93. The normalized spacial score (nSPS) is 14.1. The average molecular weight is 538 g/mol. The van der Waals surface area contributed by atoms with Crippen LogP contribution in [0.25, 0.3) is 0 Å². The van der Waals surface area contributed by atoms with Gasteiger partial charge in [-0.05, 0) is 36.1 Å². The van der Waals surface area contributed by atoms with Crippen molar-refractivity contribution in [3.63, 3.8) is 0 Å². The third-order valence-corrected chi connectivity index (χ3v) is 7.56. The van der Waals surface area contributed by atoms with E-state index in [1.165, 1.54) is 5.56 Å². The molecule has 0 aliphatic carbocycles. The van der Waals surface area contributed by atoms with Gasteiger partial charge >= 0.3 is 0 Å². The van der Waals surface area contributed by atoms with E-state index >= 15 is 0 Å². The number of amides is 1. The Hall–Kier alpha value is -2.61. The molecule has 6 nitrogen and oxygen atoms in total. The van der Waals surface area contributed by atoms with Crippen molar-refractivity contribution in [3.05, 3.63) is 82.5 Å². The first-order chi connectivity index (χ1) is 18.1. The first-order valence-corrected chi connectivity index (χ1v) is 14.5. The van der Waals surface area contributed by atoms with E-state index in [-0.39, 0.29) is 5.91 Å². The zero-order chi connectivity index (χ0) is 26.0. The van der Waals surface area contributed by atoms with Gasteiger partial charge in [0.25, 0.3) is 5.91 Å². The minimum absolute atomic E-state index is 0.106. The van der Waals surface area contributed by atoms with Crippen LogP contribution >= 0.6 is 23.4 Å². The number of rotatable bonds is 11. The van der Waals surface area contributed by atoms with Crippen molar-refractivity contribution in [1.82, 2.24) is 19.8 Å². The first-order valence-electron chi connectivity index (χ1n) is 13.1. The van der Waals surface area contributed by atoms with Gasteiger partial charge in [0.1, 0.15) is 11.0 Å². The maximum absolute atomic E-state index is 12.8. The summed E-state index contributed by atoms with van der Waals surface area (Å²) < 4.78 is 0. The van der Waals surface area contributed by atoms with Gasteiger partial charge in [0.2, 0.25) is 0 Å². The van der Waals surface area contributed by atoms with Crippen LogP contribution in [0.3, 0.4) is 0 Å². The number of carbonyl (C=O) groups excluding carboxylic acids is 1. The molecule has 0 spiro atoms. The lowest BCUT2D eigenvalue weighted by Gasteiger charge is -2.35. The molecular weight excluding hydrogens is 502 g/mol. The molecule has 4 rings (SSSR count). The number of piperazine rings is 1. The van der Waals surface area contributed by atoms with Gasteiger partial charge in [-0.3, -0.25) is 9.69 Å². The van der Waals surface area contributed by atoms with E-state index in [9.17, 15) is 4.79 Å². The molecule has 0 N–H and O–H groups in total. The summed E-state index contributed by atoms with van der Waals surface area (Å²) in [6, 6.07) is 20.4. The fourth-order valence-corrected chi connectivity index (χ4v) is 5.55. The predicted molar refractivity (Wildman–Crippen MR) is 153 cm³/mol. The first kappa shape index (κ1) is 27.4. The molecule has 0 radical (unpaired) electrons. The lowest BCUT2D eigenvalue weighted by atomic mass is 10.1. The molecule has 0 bridgehead atoms. The molecule has 0 atom stereocenters. The zero-order valence-electron chi connectivity index (χ0n) is 21.8. The van der Waals surface area contributed by atoms with E-state index in [0.717, 1.165) is 75.6 Å². The number of benzene rings is 2. The third kappa shape index (κ3) is 7.94. The van der Waals surface area contributed by atoms with Crippen LogP contribution in [-0.4, -0.2) is 64.9 Å². The summed E-state index contributed by atoms with van der Waals surface area (Å²) in [7, 11) is 0. The molecule has 1 saturated heterocycles. The maximum atomic E-state index is 12.8. The summed E-state index contributed by atoms with van der Waals surface area (Å²) in [4.78, 5) is 28.8. The van der Waals surface area contributed by atoms with E-state index in [2.05, 4.69) is 59.0 Å². The number of nitrogens with zero attached hydrogens (tertiary/aromatic N) is 5. The van der Waals surface area contributed by atoms with Gasteiger partial charge in [-0.1, -0.05) is 79.7 Å². The molecule has 0 saturated carbocycles. The quantitative estimate of drug-likeness (QED) is 0.170. The van der Waals surface area contributed by atoms with Crippen molar-refractivity contribution < 1.29 is 4.79 Å². The van der Waals surface area contributed by atoms with E-state index in [0.29, 0.717) is 16.1 Å². The maximum Gasteiger partial charge on any atom is 0.253 e. The number of anilines is 1. The summed E-state index contributed by atoms with van der Waals surface area (Å²) >= 11 is 7.95. The third-order valence-electron chi connectivity index (χ3n) is 6.45. The number of hydrogen-bond acceptors (Lipinski definition) is 6. The van der Waals surface area contributed by atoms with Gasteiger partial charge in [-0.2, -0.15) is 0 Å². The van der Waals surface area contributed by atoms with Gasteiger partial charge in [0, 0.05) is 63.2 Å². The Balaban J connectivity index is 1.32. The van der Waals surface area contributed by atoms with Crippen LogP contribution in [0, 0.1) is 0 Å². The molecule has 37 heavy (non-hydrogen) atoms. The van der Waals surface area contributed by atoms with Gasteiger partial charge in [-0.15, -0.1) is 0 Å². The highest BCUT2D eigenvalue weighted by atomic mass is 35.5. The van der Waals surface area contributed by atoms with Crippen LogP contribution in [0.5, 0.6) is 0 Å². The number of aromatic nitrogens is 2. The summed E-state index contributed by atoms with van der Waals surface area (Å²) in [5.41, 5.74) is 3.21. The standard InChI is InChI=1S/C29H36ClN5OS/c1-3-14-35(15-4-2)28(36)25-12-10-24(11-13-25)22-37-29-31-26(30)20-27(32-29)34-18-16-33(17-19-34)21-23-8-6-5-7-9-23/h5-13,20H,3-4,14-19,21-22H2,1-2H3. The fraction of sp³-hybridized carbons (Fsp3) is 0.414. The van der Waals surface area contributed by atoms with Crippen LogP contribution < -0.4 is 4.90 Å². The van der Waals surface area contributed by atoms with Crippen LogP contribution in [-0.2, 0) is 12.3 Å². The topological polar surface area (TPSA) is 52.6 Å². The highest BCUT2D eigenvalue weighted by Gasteiger charge is 2.20. The van der Waals surface area contributed by atoms with Crippen molar-refractivity contribution in [2.45, 2.75) is 44.1 Å². The molecule has 1 aliphatic heterocycles. The van der Waals surface area contributed by atoms with Gasteiger partial charge < -0.3 is 9.80 Å². The second-order valence-electron chi connectivity index (χ2n) is 9.36. The highest BCUT2D eigenvalue weighted by Crippen LogP contribution is 2.26. The van der Waals surface area contributed by atoms with Crippen LogP contribution in [0.4, 0.5) is 5.82 Å². The fourth-order valence-electron chi connectivity index (χ4n) is 4.52. The monoisotopic (exact) mass is 537 g/mol. The summed E-state index contributed by atoms with van der Waals surface area (Å²) in [6.45, 7) is 10.5. The zero-order valence-corrected chi connectivity index (χ0v) is 23.3. The molecule has 2 aromatic carbocycles. The second-order valence-corrected chi connectivity index (χ2v) is 10.7. The van der Waals surface area contributed by atoms with Crippen LogP contribution in [0.1, 0.15) is 48.2 Å². The van der Waals surface area contributed by atoms with Gasteiger partial charge in [0.15, 0.2) is 5.16 Å². The summed E-state index contributed by atoms with van der Waals surface area (Å²) in [5.74, 6) is 1.71. The molecule has 1 aromatic heterocycles. The summed E-state index contributed by atoms with van der Waals surface area (Å²) in [5, 5.41) is 1.14. The minimum Gasteiger partial charge on any atom is -0.354 e. The van der Waals surface area contributed by atoms with E-state index in [1.807, 2.05) is 35.2 Å². The van der Waals surface area contributed by atoms with Crippen LogP contribution in [0.2, 0.25) is 5.15 Å². The Labute approximate surface area is 230 Å². The van der Waals surface area contributed by atoms with Crippen molar-refractivity contribution in [2.24, 2.45) is 0 Å². The molecular formula is C29H36ClN5OS. The minimum atomic E-state index is 0.106. The lowest BCUT2D eigenvalue weighted by Crippen LogP contribution is -2.46. The van der Waals surface area contributed by atoms with Crippen LogP contribution in [0.15, 0.2) is 65.8 Å². The van der Waals surface area contributed by atoms with E-state index in [4.69, 9.17) is 16.6 Å². The molecule has 1 amide bonds. The number of hydrogen-bond donors (Lipinski definition) is 0. The number of thioether (sulfide) groups is 1. The lowest BCUT2D eigenvalue weighted by molar-refractivity contribution is 0.0755. The highest BCUT2D eigenvalue weighted by molar-refractivity contribution is 7.98. The number of halogens is 1. The van der Waals surface area contributed by atoms with Crippen molar-refractivity contribution in [1.29, 1.82) is 0 Å². The Morgan fingerprint density at radius 3 is 2.24 bits per heavy atom. The number of carbonyl (C=O) groups is 1. The molecule has 1 aliphatic rings. The predicted octanol–water partition coefficient (Wildman–Crippen LogP) is 6.01. The Morgan fingerprint density at radius 1 is 0.919 bits per heavy atom. The molecule has 8 heteroatoms. The van der Waals surface area contributed by atoms with Gasteiger partial charge in [0.05, 0.1) is 0 Å². The molecule has 1 fully saturated rings. The molecule has 0 unspecified atom stereocenters. The van der Waals surface area contributed by atoms with E-state index < -0.39 is 0 Å². The molecule has 2 heterocycles. The average Bonchev–Trinajstić information content (AvgIpc) is 2.92. The molecule has 196 valence electrons. The van der Waals surface area contributed by atoms with E-state index in [1.54, 1.807) is 11.8 Å². The molecule has 3 aromatic rings. The Kier molecular flexibility index (Phi) is 10.2.